The highest BCUT2D eigenvalue weighted by molar-refractivity contribution is 5.96. The van der Waals surface area contributed by atoms with Crippen LogP contribution in [0.2, 0.25) is 0 Å². The number of halogens is 9. The standard InChI is InChI=1S/C26H33F3N4O4.C26H32F3N3O3.C25H29F3N4O2/c1-17(2)37-19-7-6-18(16-20(19)36-5)23(34)31-12-10-25(11-13-31)21-8-9-22(26(27,28)29)32(21)14-15-33(25)24(35)30(3)4;1-17(2)35-20-7-4-18(16-21(20)34-3)24(33)30-12-10-25(11-13-30)22-8-9-23(26(27,28)29)31(22)14-15-32(25)19-5-6-19;1-17(2)34-20-5-4-19(16-18(20)3)23(33)30-11-8-24(9-12-30)21-6-7-22(25(26,27)28)32(21)15-14-31(24)13-10-29/h6-9,16-17H,10-15H2,1-5H3;4,7-9,16-17,19H,5-6,10-15H2,1-3H3;4-7,16-17H,8-9,11-15H2,1-3H3. The summed E-state index contributed by atoms with van der Waals surface area (Å²) in [4.78, 5) is 65.8. The summed E-state index contributed by atoms with van der Waals surface area (Å²) in [6.07, 6.45) is -8.37. The van der Waals surface area contributed by atoms with Crippen LogP contribution in [0.1, 0.15) is 164 Å². The van der Waals surface area contributed by atoms with E-state index in [0.29, 0.717) is 141 Å². The number of carbonyl (C=O) groups is 4. The molecule has 6 aliphatic heterocycles. The van der Waals surface area contributed by atoms with Crippen LogP contribution in [-0.2, 0) is 54.8 Å². The minimum Gasteiger partial charge on any atom is -0.493 e. The van der Waals surface area contributed by atoms with Crippen LogP contribution in [0.3, 0.4) is 0 Å². The van der Waals surface area contributed by atoms with E-state index >= 15 is 0 Å². The third-order valence-electron chi connectivity index (χ3n) is 21.4. The molecule has 7 aliphatic rings. The molecule has 9 heterocycles. The van der Waals surface area contributed by atoms with Gasteiger partial charge >= 0.3 is 24.6 Å². The van der Waals surface area contributed by atoms with E-state index in [-0.39, 0.29) is 81.3 Å². The minimum atomic E-state index is -4.49. The van der Waals surface area contributed by atoms with Gasteiger partial charge < -0.3 is 61.9 Å². The minimum absolute atomic E-state index is 0.0227. The maximum absolute atomic E-state index is 13.7. The van der Waals surface area contributed by atoms with Crippen molar-refractivity contribution in [3.63, 3.8) is 0 Å². The van der Waals surface area contributed by atoms with E-state index < -0.39 is 52.2 Å². The molecule has 3 saturated heterocycles. The van der Waals surface area contributed by atoms with Crippen LogP contribution in [0.4, 0.5) is 44.3 Å². The summed E-state index contributed by atoms with van der Waals surface area (Å²) in [5.41, 5.74) is 0.120. The van der Waals surface area contributed by atoms with Gasteiger partial charge in [0.25, 0.3) is 17.7 Å². The summed E-state index contributed by atoms with van der Waals surface area (Å²) in [6, 6.07) is 26.0. The summed E-state index contributed by atoms with van der Waals surface area (Å²) >= 11 is 0. The molecule has 0 radical (unpaired) electrons. The normalized spacial score (nSPS) is 18.5. The zero-order chi connectivity index (χ0) is 76.8. The van der Waals surface area contributed by atoms with Gasteiger partial charge in [-0.2, -0.15) is 44.8 Å². The first-order valence-corrected chi connectivity index (χ1v) is 36.1. The molecule has 20 nitrogen and oxygen atoms in total. The zero-order valence-electron chi connectivity index (χ0n) is 61.8. The van der Waals surface area contributed by atoms with Crippen molar-refractivity contribution < 1.29 is 82.4 Å². The molecule has 106 heavy (non-hydrogen) atoms. The van der Waals surface area contributed by atoms with Crippen molar-refractivity contribution in [2.75, 3.05) is 93.8 Å². The number of hydrogen-bond acceptors (Lipinski definition) is 12. The van der Waals surface area contributed by atoms with Crippen molar-refractivity contribution in [3.8, 4) is 34.8 Å². The number of methoxy groups -OCH3 is 2. The van der Waals surface area contributed by atoms with Crippen LogP contribution in [0.15, 0.2) is 91.0 Å². The van der Waals surface area contributed by atoms with Gasteiger partial charge in [-0.05, 0) is 196 Å². The number of ether oxygens (including phenoxy) is 5. The van der Waals surface area contributed by atoms with Crippen LogP contribution in [0.25, 0.3) is 0 Å². The number of rotatable bonds is 13. The number of urea groups is 1. The lowest BCUT2D eigenvalue weighted by atomic mass is 9.80. The fourth-order valence-electron chi connectivity index (χ4n) is 16.5. The van der Waals surface area contributed by atoms with Crippen LogP contribution in [0.5, 0.6) is 28.7 Å². The van der Waals surface area contributed by atoms with Crippen molar-refractivity contribution in [2.24, 2.45) is 0 Å². The first kappa shape index (κ1) is 78.0. The van der Waals surface area contributed by atoms with Gasteiger partial charge in [0, 0.05) is 132 Å². The first-order chi connectivity index (χ1) is 50.1. The Balaban J connectivity index is 0.000000159. The fourth-order valence-corrected chi connectivity index (χ4v) is 16.5. The van der Waals surface area contributed by atoms with Crippen molar-refractivity contribution in [2.45, 2.75) is 179 Å². The van der Waals surface area contributed by atoms with Gasteiger partial charge in [-0.25, -0.2) is 4.79 Å². The van der Waals surface area contributed by atoms with Gasteiger partial charge in [0.2, 0.25) is 0 Å². The fraction of sp³-hybridized carbons (Fsp3) is 0.545. The Hall–Kier alpha value is -9.04. The maximum Gasteiger partial charge on any atom is 0.431 e. The van der Waals surface area contributed by atoms with Gasteiger partial charge in [0.05, 0.1) is 61.8 Å². The van der Waals surface area contributed by atoms with E-state index in [1.165, 1.54) is 37.8 Å². The highest BCUT2D eigenvalue weighted by atomic mass is 19.4. The van der Waals surface area contributed by atoms with E-state index in [2.05, 4.69) is 11.0 Å². The van der Waals surface area contributed by atoms with E-state index in [4.69, 9.17) is 23.7 Å². The number of aryl methyl sites for hydroxylation is 1. The predicted octanol–water partition coefficient (Wildman–Crippen LogP) is 13.9. The zero-order valence-corrected chi connectivity index (χ0v) is 61.8. The summed E-state index contributed by atoms with van der Waals surface area (Å²) in [5.74, 6) is 2.38. The number of carbonyl (C=O) groups excluding carboxylic acids is 4. The molecule has 13 rings (SSSR count). The van der Waals surface area contributed by atoms with Crippen molar-refractivity contribution in [3.05, 3.63) is 147 Å². The summed E-state index contributed by atoms with van der Waals surface area (Å²) in [5, 5.41) is 9.35. The molecule has 3 aromatic carbocycles. The van der Waals surface area contributed by atoms with Crippen LogP contribution >= 0.6 is 0 Å². The molecule has 4 fully saturated rings. The number of aromatic nitrogens is 3. The molecular weight excluding hydrogens is 1390 g/mol. The summed E-state index contributed by atoms with van der Waals surface area (Å²) in [6.45, 7) is 17.6. The second kappa shape index (κ2) is 30.7. The van der Waals surface area contributed by atoms with Gasteiger partial charge in [-0.3, -0.25) is 24.2 Å². The number of benzene rings is 3. The molecule has 1 saturated carbocycles. The number of piperidine rings is 3. The van der Waals surface area contributed by atoms with Gasteiger partial charge in [0.1, 0.15) is 22.8 Å². The number of nitriles is 1. The second-order valence-electron chi connectivity index (χ2n) is 29.3. The van der Waals surface area contributed by atoms with Crippen LogP contribution in [0, 0.1) is 18.3 Å². The predicted molar refractivity (Wildman–Crippen MR) is 376 cm³/mol. The van der Waals surface area contributed by atoms with Crippen molar-refractivity contribution in [1.82, 2.24) is 48.0 Å². The Bertz CT molecular complexity index is 4220. The molecule has 3 spiro atoms. The Labute approximate surface area is 612 Å². The van der Waals surface area contributed by atoms with Gasteiger partial charge in [0.15, 0.2) is 23.0 Å². The maximum atomic E-state index is 13.7. The average molecular weight is 1490 g/mol. The lowest BCUT2D eigenvalue weighted by Crippen LogP contribution is -2.61. The number of likely N-dealkylation sites (tertiary alicyclic amines) is 3. The van der Waals surface area contributed by atoms with Gasteiger partial charge in [-0.15, -0.1) is 0 Å². The van der Waals surface area contributed by atoms with Crippen LogP contribution < -0.4 is 23.7 Å². The molecule has 0 atom stereocenters. The number of amides is 5. The molecule has 1 aliphatic carbocycles. The number of fused-ring (bicyclic) bond motifs is 6. The lowest BCUT2D eigenvalue weighted by Gasteiger charge is -2.52. The summed E-state index contributed by atoms with van der Waals surface area (Å²) in [7, 11) is 6.31. The number of hydrogen-bond donors (Lipinski definition) is 0. The van der Waals surface area contributed by atoms with E-state index in [9.17, 15) is 64.0 Å². The first-order valence-electron chi connectivity index (χ1n) is 36.1. The second-order valence-corrected chi connectivity index (χ2v) is 29.3. The Morgan fingerprint density at radius 1 is 0.472 bits per heavy atom. The van der Waals surface area contributed by atoms with E-state index in [1.54, 1.807) is 101 Å². The molecule has 0 N–H and O–H groups in total. The van der Waals surface area contributed by atoms with Crippen LogP contribution in [-0.4, -0.2) is 190 Å². The monoisotopic (exact) mass is 1490 g/mol. The smallest absolute Gasteiger partial charge is 0.431 e. The van der Waals surface area contributed by atoms with Crippen molar-refractivity contribution >= 4 is 23.8 Å². The summed E-state index contributed by atoms with van der Waals surface area (Å²) < 4.78 is 155. The average Bonchev–Trinajstić information content (AvgIpc) is 1.51. The Morgan fingerprint density at radius 3 is 1.21 bits per heavy atom. The molecule has 3 aromatic heterocycles. The lowest BCUT2D eigenvalue weighted by molar-refractivity contribution is -0.145. The molecule has 5 amide bonds. The number of nitrogens with zero attached hydrogens (tertiary/aromatic N) is 11. The largest absolute Gasteiger partial charge is 0.493 e. The van der Waals surface area contributed by atoms with Gasteiger partial charge in [-0.1, -0.05) is 0 Å². The molecule has 574 valence electrons. The third-order valence-corrected chi connectivity index (χ3v) is 21.4. The molecule has 29 heteroatoms. The molecule has 0 unspecified atom stereocenters. The SMILES string of the molecule is COc1cc(C(=O)N2CCC3(CC2)c2ccc(C(F)(F)F)n2CCN3C(=O)N(C)C)ccc1OC(C)C.COc1cc(C(=O)N2CCC3(CC2)c2ccc(C(F)(F)F)n2CCN3C2CC2)ccc1OC(C)C.Cc1cc(C(=O)N2CCC3(CC2)c2ccc(C(F)(F)F)n2CCN3CC#N)ccc1OC(C)C. The van der Waals surface area contributed by atoms with Crippen molar-refractivity contribution in [1.29, 1.82) is 5.26 Å². The van der Waals surface area contributed by atoms with E-state index in [0.717, 1.165) is 42.0 Å². The van der Waals surface area contributed by atoms with E-state index in [1.807, 2.05) is 59.4 Å². The topological polar surface area (TPSA) is 176 Å². The molecule has 0 bridgehead atoms. The Morgan fingerprint density at radius 2 is 0.830 bits per heavy atom. The number of alkyl halides is 9. The highest BCUT2D eigenvalue weighted by Crippen LogP contribution is 2.51. The third kappa shape index (κ3) is 15.6. The highest BCUT2D eigenvalue weighted by Gasteiger charge is 2.55. The Kier molecular flexibility index (Phi) is 22.6. The quantitative estimate of drug-likeness (QED) is 0.0791. The molecular formula is C77H94F9N11O9. The molecule has 6 aromatic rings.